The summed E-state index contributed by atoms with van der Waals surface area (Å²) in [6.45, 7) is 2.30. The molecule has 0 radical (unpaired) electrons. The van der Waals surface area contributed by atoms with E-state index in [2.05, 4.69) is 11.1 Å². The van der Waals surface area contributed by atoms with Gasteiger partial charge in [-0.25, -0.2) is 0 Å². The summed E-state index contributed by atoms with van der Waals surface area (Å²) in [7, 11) is 0. The maximum Gasteiger partial charge on any atom is 0.316 e. The van der Waals surface area contributed by atoms with Crippen molar-refractivity contribution in [2.75, 3.05) is 6.61 Å². The van der Waals surface area contributed by atoms with Gasteiger partial charge in [0.2, 0.25) is 0 Å². The zero-order valence-corrected chi connectivity index (χ0v) is 11.1. The highest BCUT2D eigenvalue weighted by Gasteiger charge is 2.47. The highest BCUT2D eigenvalue weighted by molar-refractivity contribution is 5.87. The highest BCUT2D eigenvalue weighted by Crippen LogP contribution is 2.45. The maximum atomic E-state index is 12.2. The fourth-order valence-corrected chi connectivity index (χ4v) is 2.78. The van der Waals surface area contributed by atoms with Crippen LogP contribution < -0.4 is 0 Å². The number of esters is 1. The summed E-state index contributed by atoms with van der Waals surface area (Å²) in [4.78, 5) is 16.6. The summed E-state index contributed by atoms with van der Waals surface area (Å²) in [5.41, 5.74) is 1.61. The number of benzene rings is 1. The first-order valence-corrected chi connectivity index (χ1v) is 6.79. The van der Waals surface area contributed by atoms with Crippen LogP contribution in [0.3, 0.4) is 0 Å². The van der Waals surface area contributed by atoms with E-state index in [9.17, 15) is 4.79 Å². The predicted octanol–water partition coefficient (Wildman–Crippen LogP) is 3.22. The van der Waals surface area contributed by atoms with Crippen LogP contribution in [0.25, 0.3) is 10.9 Å². The molecular weight excluding hydrogens is 238 g/mol. The van der Waals surface area contributed by atoms with Crippen LogP contribution in [0.5, 0.6) is 0 Å². The minimum absolute atomic E-state index is 0.0792. The zero-order valence-electron chi connectivity index (χ0n) is 11.1. The molecule has 1 saturated carbocycles. The van der Waals surface area contributed by atoms with Crippen molar-refractivity contribution >= 4 is 16.9 Å². The van der Waals surface area contributed by atoms with E-state index in [1.165, 1.54) is 0 Å². The van der Waals surface area contributed by atoms with Crippen LogP contribution in [0, 0.1) is 0 Å². The first kappa shape index (κ1) is 12.2. The smallest absolute Gasteiger partial charge is 0.316 e. The summed E-state index contributed by atoms with van der Waals surface area (Å²) < 4.78 is 5.26. The van der Waals surface area contributed by atoms with Gasteiger partial charge in [-0.05, 0) is 43.5 Å². The minimum Gasteiger partial charge on any atom is -0.465 e. The molecule has 19 heavy (non-hydrogen) atoms. The van der Waals surface area contributed by atoms with Crippen molar-refractivity contribution in [1.29, 1.82) is 0 Å². The Labute approximate surface area is 112 Å². The average molecular weight is 255 g/mol. The molecule has 1 aromatic heterocycles. The van der Waals surface area contributed by atoms with Gasteiger partial charge < -0.3 is 4.74 Å². The molecule has 3 rings (SSSR count). The number of carbonyl (C=O) groups excluding carboxylic acids is 1. The molecule has 0 bridgehead atoms. The van der Waals surface area contributed by atoms with E-state index in [4.69, 9.17) is 4.74 Å². The predicted molar refractivity (Wildman–Crippen MR) is 73.9 cm³/mol. The van der Waals surface area contributed by atoms with Crippen molar-refractivity contribution in [1.82, 2.24) is 4.98 Å². The summed E-state index contributed by atoms with van der Waals surface area (Å²) in [6, 6.07) is 10.0. The standard InChI is InChI=1S/C16H17NO2/c1-2-19-15(18)16(8-4-9-16)13-6-7-14-12(11-13)5-3-10-17-14/h3,5-7,10-11H,2,4,8-9H2,1H3. The fraction of sp³-hybridized carbons (Fsp3) is 0.375. The average Bonchev–Trinajstić information content (AvgIpc) is 2.38. The summed E-state index contributed by atoms with van der Waals surface area (Å²) in [5, 5.41) is 1.08. The lowest BCUT2D eigenvalue weighted by Gasteiger charge is -2.39. The highest BCUT2D eigenvalue weighted by atomic mass is 16.5. The Bertz CT molecular complexity index is 617. The van der Waals surface area contributed by atoms with Crippen LogP contribution in [0.4, 0.5) is 0 Å². The Morgan fingerprint density at radius 1 is 1.37 bits per heavy atom. The van der Waals surface area contributed by atoms with Crippen LogP contribution in [-0.4, -0.2) is 17.6 Å². The molecule has 0 atom stereocenters. The number of hydrogen-bond donors (Lipinski definition) is 0. The maximum absolute atomic E-state index is 12.2. The lowest BCUT2D eigenvalue weighted by Crippen LogP contribution is -2.43. The Kier molecular flexibility index (Phi) is 2.97. The molecule has 0 saturated heterocycles. The van der Waals surface area contributed by atoms with Gasteiger partial charge in [0.1, 0.15) is 0 Å². The van der Waals surface area contributed by atoms with Gasteiger partial charge >= 0.3 is 5.97 Å². The van der Waals surface area contributed by atoms with Crippen molar-refractivity contribution in [3.8, 4) is 0 Å². The van der Waals surface area contributed by atoms with Crippen LogP contribution in [0.1, 0.15) is 31.7 Å². The Balaban J connectivity index is 2.04. The number of carbonyl (C=O) groups is 1. The molecule has 0 N–H and O–H groups in total. The number of ether oxygens (including phenoxy) is 1. The number of rotatable bonds is 3. The topological polar surface area (TPSA) is 39.2 Å². The number of hydrogen-bond acceptors (Lipinski definition) is 3. The van der Waals surface area contributed by atoms with Gasteiger partial charge in [0.25, 0.3) is 0 Å². The summed E-state index contributed by atoms with van der Waals surface area (Å²) in [6.07, 6.45) is 4.64. The number of nitrogens with zero attached hydrogens (tertiary/aromatic N) is 1. The first-order valence-electron chi connectivity index (χ1n) is 6.79. The third-order valence-corrected chi connectivity index (χ3v) is 4.03. The van der Waals surface area contributed by atoms with E-state index in [1.807, 2.05) is 31.2 Å². The molecule has 0 spiro atoms. The molecule has 0 aliphatic heterocycles. The van der Waals surface area contributed by atoms with Crippen molar-refractivity contribution in [2.45, 2.75) is 31.6 Å². The van der Waals surface area contributed by atoms with Gasteiger partial charge in [-0.2, -0.15) is 0 Å². The van der Waals surface area contributed by atoms with Crippen molar-refractivity contribution in [3.05, 3.63) is 42.1 Å². The van der Waals surface area contributed by atoms with Crippen molar-refractivity contribution < 1.29 is 9.53 Å². The van der Waals surface area contributed by atoms with E-state index in [0.29, 0.717) is 6.61 Å². The Morgan fingerprint density at radius 3 is 2.89 bits per heavy atom. The zero-order chi connectivity index (χ0) is 13.3. The molecule has 1 aliphatic carbocycles. The second-order valence-electron chi connectivity index (χ2n) is 5.07. The molecule has 98 valence electrons. The van der Waals surface area contributed by atoms with E-state index >= 15 is 0 Å². The Morgan fingerprint density at radius 2 is 2.21 bits per heavy atom. The normalized spacial score (nSPS) is 16.9. The van der Waals surface area contributed by atoms with Crippen molar-refractivity contribution in [3.63, 3.8) is 0 Å². The fourth-order valence-electron chi connectivity index (χ4n) is 2.78. The molecule has 1 aliphatic rings. The Hall–Kier alpha value is -1.90. The first-order chi connectivity index (χ1) is 9.26. The van der Waals surface area contributed by atoms with Crippen LogP contribution >= 0.6 is 0 Å². The van der Waals surface area contributed by atoms with Crippen molar-refractivity contribution in [2.24, 2.45) is 0 Å². The van der Waals surface area contributed by atoms with E-state index in [-0.39, 0.29) is 5.97 Å². The molecule has 0 unspecified atom stereocenters. The number of aromatic nitrogens is 1. The third kappa shape index (κ3) is 1.89. The molecule has 3 heteroatoms. The molecule has 1 fully saturated rings. The second-order valence-corrected chi connectivity index (χ2v) is 5.07. The minimum atomic E-state index is -0.417. The quantitative estimate of drug-likeness (QED) is 0.790. The summed E-state index contributed by atoms with van der Waals surface area (Å²) >= 11 is 0. The molecule has 1 heterocycles. The van der Waals surface area contributed by atoms with Gasteiger partial charge in [0, 0.05) is 11.6 Å². The number of pyridine rings is 1. The van der Waals surface area contributed by atoms with Gasteiger partial charge in [-0.15, -0.1) is 0 Å². The van der Waals surface area contributed by atoms with Gasteiger partial charge in [0.05, 0.1) is 17.5 Å². The van der Waals surface area contributed by atoms with Gasteiger partial charge in [-0.1, -0.05) is 18.6 Å². The molecular formula is C16H17NO2. The van der Waals surface area contributed by atoms with E-state index in [1.54, 1.807) is 6.20 Å². The van der Waals surface area contributed by atoms with E-state index < -0.39 is 5.41 Å². The molecule has 1 aromatic carbocycles. The van der Waals surface area contributed by atoms with Crippen LogP contribution in [0.2, 0.25) is 0 Å². The second kappa shape index (κ2) is 4.65. The van der Waals surface area contributed by atoms with Crippen LogP contribution in [-0.2, 0) is 14.9 Å². The van der Waals surface area contributed by atoms with Gasteiger partial charge in [0.15, 0.2) is 0 Å². The lowest BCUT2D eigenvalue weighted by atomic mass is 9.64. The number of fused-ring (bicyclic) bond motifs is 1. The SMILES string of the molecule is CCOC(=O)C1(c2ccc3ncccc3c2)CCC1. The van der Waals surface area contributed by atoms with Crippen LogP contribution in [0.15, 0.2) is 36.5 Å². The van der Waals surface area contributed by atoms with Gasteiger partial charge in [-0.3, -0.25) is 9.78 Å². The molecule has 3 nitrogen and oxygen atoms in total. The monoisotopic (exact) mass is 255 g/mol. The summed E-state index contributed by atoms with van der Waals surface area (Å²) in [5.74, 6) is -0.0792. The largest absolute Gasteiger partial charge is 0.465 e. The molecule has 2 aromatic rings. The molecule has 0 amide bonds. The third-order valence-electron chi connectivity index (χ3n) is 4.03. The lowest BCUT2D eigenvalue weighted by molar-refractivity contribution is -0.153. The van der Waals surface area contributed by atoms with E-state index in [0.717, 1.165) is 35.7 Å².